The Kier molecular flexibility index (Phi) is 7.58. The topological polar surface area (TPSA) is 9.23 Å². The molecule has 2 aliphatic rings. The number of unbranched alkanes of at least 4 members (excludes halogenated alkanes) is 2. The molecule has 0 N–H and O–H groups in total. The summed E-state index contributed by atoms with van der Waals surface area (Å²) in [7, 11) is -0.804. The van der Waals surface area contributed by atoms with Gasteiger partial charge in [-0.2, -0.15) is 8.78 Å². The van der Waals surface area contributed by atoms with Gasteiger partial charge in [-0.05, 0) is 42.0 Å². The molecule has 0 bridgehead atoms. The molecule has 1 aromatic carbocycles. The normalized spacial score (nSPS) is 30.5. The Hall–Kier alpha value is -1.33. The number of allylic oxidation sites excluding steroid dienone is 2. The number of rotatable bonds is 8. The van der Waals surface area contributed by atoms with Crippen LogP contribution < -0.4 is 0 Å². The molecular weight excluding hydrogens is 377 g/mol. The largest absolute Gasteiger partial charge is 0.346 e. The van der Waals surface area contributed by atoms with Crippen LogP contribution in [0.2, 0.25) is 18.1 Å². The molecule has 1 nitrogen and oxygen atoms in total. The van der Waals surface area contributed by atoms with Crippen LogP contribution in [0, 0.1) is 5.92 Å². The predicted octanol–water partition coefficient (Wildman–Crippen LogP) is 6.78. The summed E-state index contributed by atoms with van der Waals surface area (Å²) in [6.45, 7) is -0.771. The van der Waals surface area contributed by atoms with Gasteiger partial charge in [0.05, 0.1) is 0 Å². The second-order valence-electron chi connectivity index (χ2n) is 8.17. The van der Waals surface area contributed by atoms with E-state index in [0.717, 1.165) is 36.1 Å². The fraction of sp³-hybridized carbons (Fsp3) is 0.565. The Morgan fingerprint density at radius 2 is 1.86 bits per heavy atom. The zero-order valence-electron chi connectivity index (χ0n) is 16.6. The van der Waals surface area contributed by atoms with Crippen LogP contribution in [0.5, 0.6) is 0 Å². The highest BCUT2D eigenvalue weighted by atomic mass is 28.3. The Bertz CT molecular complexity index is 668. The highest BCUT2D eigenvalue weighted by Crippen LogP contribution is 2.45. The Balaban J connectivity index is 1.72. The van der Waals surface area contributed by atoms with Gasteiger partial charge in [-0.25, -0.2) is 4.39 Å². The van der Waals surface area contributed by atoms with Crippen molar-refractivity contribution >= 4 is 14.4 Å². The monoisotopic (exact) mass is 408 g/mol. The smallest absolute Gasteiger partial charge is 0.308 e. The summed E-state index contributed by atoms with van der Waals surface area (Å²) in [5, 5.41) is 0. The third-order valence-electron chi connectivity index (χ3n) is 6.38. The lowest BCUT2D eigenvalue weighted by atomic mass is 9.75. The van der Waals surface area contributed by atoms with Crippen LogP contribution in [0.25, 0.3) is 5.57 Å². The van der Waals surface area contributed by atoms with E-state index < -0.39 is 27.2 Å². The summed E-state index contributed by atoms with van der Waals surface area (Å²) in [5.41, 5.74) is 0.0817. The highest BCUT2D eigenvalue weighted by molar-refractivity contribution is 6.59. The molecule has 5 heteroatoms. The van der Waals surface area contributed by atoms with Gasteiger partial charge in [0.1, 0.15) is 5.60 Å². The number of alkyl halides is 3. The molecule has 0 saturated carbocycles. The first-order chi connectivity index (χ1) is 13.5. The molecule has 0 radical (unpaired) electrons. The van der Waals surface area contributed by atoms with E-state index in [-0.39, 0.29) is 5.92 Å². The van der Waals surface area contributed by atoms with Gasteiger partial charge in [-0.3, -0.25) is 0 Å². The zero-order chi connectivity index (χ0) is 20.0. The standard InChI is InChI=1S/C23H31F3OSi/c1-2-3-7-14-28-15-11-20(12-16-28)23(27-22(25)26)13-10-19(17-21(23)24)18-8-5-4-6-9-18/h4-6,8-10,13,17,20-22,28H,2-3,7,11-12,14-16H2,1H3. The Labute approximate surface area is 168 Å². The maximum atomic E-state index is 15.4. The van der Waals surface area contributed by atoms with Crippen molar-refractivity contribution in [1.29, 1.82) is 0 Å². The molecule has 1 fully saturated rings. The van der Waals surface area contributed by atoms with Gasteiger partial charge in [-0.15, -0.1) is 0 Å². The van der Waals surface area contributed by atoms with Gasteiger partial charge < -0.3 is 4.74 Å². The number of benzene rings is 1. The van der Waals surface area contributed by atoms with Crippen LogP contribution in [0.4, 0.5) is 13.2 Å². The van der Waals surface area contributed by atoms with E-state index in [1.807, 2.05) is 30.3 Å². The Morgan fingerprint density at radius 3 is 2.46 bits per heavy atom. The maximum absolute atomic E-state index is 15.4. The van der Waals surface area contributed by atoms with Crippen molar-refractivity contribution in [3.8, 4) is 0 Å². The first-order valence-corrected chi connectivity index (χ1v) is 13.1. The van der Waals surface area contributed by atoms with E-state index in [2.05, 4.69) is 6.92 Å². The third-order valence-corrected chi connectivity index (χ3v) is 9.91. The number of ether oxygens (including phenoxy) is 1. The molecule has 2 atom stereocenters. The number of hydrogen-bond acceptors (Lipinski definition) is 1. The molecule has 1 saturated heterocycles. The van der Waals surface area contributed by atoms with E-state index in [1.54, 1.807) is 12.2 Å². The highest BCUT2D eigenvalue weighted by Gasteiger charge is 2.48. The van der Waals surface area contributed by atoms with Crippen molar-refractivity contribution in [3.05, 3.63) is 54.1 Å². The molecule has 1 aromatic rings. The second-order valence-corrected chi connectivity index (χ2v) is 11.6. The number of halogens is 3. The summed E-state index contributed by atoms with van der Waals surface area (Å²) in [4.78, 5) is 0. The van der Waals surface area contributed by atoms with Gasteiger partial charge in [0, 0.05) is 8.80 Å². The minimum Gasteiger partial charge on any atom is -0.308 e. The van der Waals surface area contributed by atoms with Crippen molar-refractivity contribution in [2.45, 2.75) is 75.5 Å². The molecule has 28 heavy (non-hydrogen) atoms. The molecule has 3 rings (SSSR count). The van der Waals surface area contributed by atoms with Gasteiger partial charge in [0.15, 0.2) is 6.17 Å². The van der Waals surface area contributed by atoms with E-state index in [4.69, 9.17) is 4.74 Å². The first-order valence-electron chi connectivity index (χ1n) is 10.6. The molecule has 0 aromatic heterocycles. The quantitative estimate of drug-likeness (QED) is 0.340. The molecule has 0 amide bonds. The van der Waals surface area contributed by atoms with Crippen LogP contribution in [0.15, 0.2) is 48.6 Å². The second kappa shape index (κ2) is 9.93. The summed E-state index contributed by atoms with van der Waals surface area (Å²) >= 11 is 0. The van der Waals surface area contributed by atoms with Crippen molar-refractivity contribution in [1.82, 2.24) is 0 Å². The molecule has 0 spiro atoms. The van der Waals surface area contributed by atoms with Crippen LogP contribution in [-0.4, -0.2) is 27.2 Å². The minimum absolute atomic E-state index is 0.184. The molecule has 1 aliphatic heterocycles. The van der Waals surface area contributed by atoms with Gasteiger partial charge >= 0.3 is 6.61 Å². The van der Waals surface area contributed by atoms with Crippen molar-refractivity contribution in [2.24, 2.45) is 5.92 Å². The SMILES string of the molecule is CCCCC[SiH]1CCC(C2(OC(F)F)C=CC(c3ccccc3)=CC2F)CC1. The first kappa shape index (κ1) is 21.4. The van der Waals surface area contributed by atoms with E-state index in [9.17, 15) is 8.78 Å². The number of hydrogen-bond donors (Lipinski definition) is 0. The third kappa shape index (κ3) is 4.98. The van der Waals surface area contributed by atoms with Crippen molar-refractivity contribution in [3.63, 3.8) is 0 Å². The molecular formula is C23H31F3OSi. The van der Waals surface area contributed by atoms with Crippen molar-refractivity contribution < 1.29 is 17.9 Å². The molecule has 1 heterocycles. The summed E-state index contributed by atoms with van der Waals surface area (Å²) in [5.74, 6) is -0.184. The van der Waals surface area contributed by atoms with Gasteiger partial charge in [-0.1, -0.05) is 80.7 Å². The van der Waals surface area contributed by atoms with Crippen LogP contribution in [0.3, 0.4) is 0 Å². The lowest BCUT2D eigenvalue weighted by molar-refractivity contribution is -0.224. The minimum atomic E-state index is -2.98. The lowest BCUT2D eigenvalue weighted by Gasteiger charge is -2.44. The van der Waals surface area contributed by atoms with Crippen LogP contribution in [0.1, 0.15) is 44.6 Å². The van der Waals surface area contributed by atoms with Gasteiger partial charge in [0.25, 0.3) is 0 Å². The zero-order valence-corrected chi connectivity index (χ0v) is 17.8. The Morgan fingerprint density at radius 1 is 1.14 bits per heavy atom. The van der Waals surface area contributed by atoms with Gasteiger partial charge in [0.2, 0.25) is 0 Å². The molecule has 154 valence electrons. The van der Waals surface area contributed by atoms with Crippen LogP contribution >= 0.6 is 0 Å². The lowest BCUT2D eigenvalue weighted by Crippen LogP contribution is -2.50. The average Bonchev–Trinajstić information content (AvgIpc) is 2.70. The van der Waals surface area contributed by atoms with Crippen molar-refractivity contribution in [2.75, 3.05) is 0 Å². The van der Waals surface area contributed by atoms with E-state index >= 15 is 4.39 Å². The summed E-state index contributed by atoms with van der Waals surface area (Å²) < 4.78 is 46.9. The molecule has 2 unspecified atom stereocenters. The maximum Gasteiger partial charge on any atom is 0.346 e. The van der Waals surface area contributed by atoms with E-state index in [0.29, 0.717) is 0 Å². The fourth-order valence-electron chi connectivity index (χ4n) is 4.78. The molecule has 1 aliphatic carbocycles. The fourth-order valence-corrected chi connectivity index (χ4v) is 8.26. The summed E-state index contributed by atoms with van der Waals surface area (Å²) in [6, 6.07) is 13.0. The van der Waals surface area contributed by atoms with E-state index in [1.165, 1.54) is 31.4 Å². The van der Waals surface area contributed by atoms with Crippen LogP contribution in [-0.2, 0) is 4.74 Å². The predicted molar refractivity (Wildman–Crippen MR) is 112 cm³/mol. The average molecular weight is 409 g/mol. The summed E-state index contributed by atoms with van der Waals surface area (Å²) in [6.07, 6.45) is 8.62.